The van der Waals surface area contributed by atoms with Gasteiger partial charge in [0.2, 0.25) is 5.91 Å². The van der Waals surface area contributed by atoms with E-state index in [-0.39, 0.29) is 11.8 Å². The molecule has 2 rings (SSSR count). The van der Waals surface area contributed by atoms with E-state index in [2.05, 4.69) is 12.2 Å². The maximum atomic E-state index is 13.2. The number of carbonyl (C=O) groups is 1. The first-order chi connectivity index (χ1) is 10.8. The largest absolute Gasteiger partial charge is 0.352 e. The Kier molecular flexibility index (Phi) is 5.79. The first-order valence-corrected chi connectivity index (χ1v) is 9.76. The topological polar surface area (TPSA) is 63.2 Å². The van der Waals surface area contributed by atoms with Crippen molar-refractivity contribution in [3.05, 3.63) is 35.6 Å². The van der Waals surface area contributed by atoms with Gasteiger partial charge in [-0.15, -0.1) is 0 Å². The number of halogens is 1. The maximum Gasteiger partial charge on any atom is 0.238 e. The van der Waals surface area contributed by atoms with Gasteiger partial charge in [-0.1, -0.05) is 19.1 Å². The highest BCUT2D eigenvalue weighted by molar-refractivity contribution is 7.92. The van der Waals surface area contributed by atoms with Crippen molar-refractivity contribution in [3.8, 4) is 0 Å². The summed E-state index contributed by atoms with van der Waals surface area (Å²) in [7, 11) is -3.67. The van der Waals surface area contributed by atoms with E-state index in [4.69, 9.17) is 0 Å². The standard InChI is InChI=1S/C17H24FNO3S/c1-12-6-8-16(9-7-12)19-17(20)13(2)23(21,22)11-14-4-3-5-15(18)10-14/h3-5,10,12-13,16H,6-9,11H2,1-2H3,(H,19,20). The number of rotatable bonds is 5. The predicted molar refractivity (Wildman–Crippen MR) is 88.0 cm³/mol. The summed E-state index contributed by atoms with van der Waals surface area (Å²) >= 11 is 0. The van der Waals surface area contributed by atoms with Crippen LogP contribution in [0.1, 0.15) is 45.1 Å². The van der Waals surface area contributed by atoms with Gasteiger partial charge in [0.25, 0.3) is 0 Å². The third kappa shape index (κ3) is 5.03. The SMILES string of the molecule is CC1CCC(NC(=O)C(C)S(=O)(=O)Cc2cccc(F)c2)CC1. The van der Waals surface area contributed by atoms with Crippen LogP contribution in [0.25, 0.3) is 0 Å². The molecule has 1 fully saturated rings. The van der Waals surface area contributed by atoms with Crippen LogP contribution < -0.4 is 5.32 Å². The van der Waals surface area contributed by atoms with Crippen molar-refractivity contribution in [1.29, 1.82) is 0 Å². The lowest BCUT2D eigenvalue weighted by atomic mass is 9.87. The number of hydrogen-bond acceptors (Lipinski definition) is 3. The molecule has 1 saturated carbocycles. The molecular weight excluding hydrogens is 317 g/mol. The molecule has 128 valence electrons. The highest BCUT2D eigenvalue weighted by Crippen LogP contribution is 2.23. The monoisotopic (exact) mass is 341 g/mol. The third-order valence-electron chi connectivity index (χ3n) is 4.53. The van der Waals surface area contributed by atoms with Gasteiger partial charge in [-0.2, -0.15) is 0 Å². The molecule has 0 saturated heterocycles. The summed E-state index contributed by atoms with van der Waals surface area (Å²) in [4.78, 5) is 12.2. The minimum atomic E-state index is -3.67. The summed E-state index contributed by atoms with van der Waals surface area (Å²) in [6, 6.07) is 5.52. The van der Waals surface area contributed by atoms with Gasteiger partial charge in [-0.05, 0) is 56.2 Å². The molecule has 0 aromatic heterocycles. The molecule has 1 N–H and O–H groups in total. The summed E-state index contributed by atoms with van der Waals surface area (Å²) < 4.78 is 37.9. The van der Waals surface area contributed by atoms with Crippen molar-refractivity contribution in [3.63, 3.8) is 0 Å². The van der Waals surface area contributed by atoms with Crippen LogP contribution in [-0.4, -0.2) is 25.6 Å². The fourth-order valence-electron chi connectivity index (χ4n) is 2.87. The van der Waals surface area contributed by atoms with Crippen LogP contribution in [0.2, 0.25) is 0 Å². The highest BCUT2D eigenvalue weighted by atomic mass is 32.2. The van der Waals surface area contributed by atoms with Crippen LogP contribution in [-0.2, 0) is 20.4 Å². The number of sulfone groups is 1. The number of nitrogens with one attached hydrogen (secondary N) is 1. The van der Waals surface area contributed by atoms with Crippen LogP contribution in [0, 0.1) is 11.7 Å². The summed E-state index contributed by atoms with van der Waals surface area (Å²) in [5, 5.41) is 1.72. The fourth-order valence-corrected chi connectivity index (χ4v) is 4.16. The number of benzene rings is 1. The van der Waals surface area contributed by atoms with Gasteiger partial charge in [0.1, 0.15) is 11.1 Å². The number of hydrogen-bond donors (Lipinski definition) is 1. The maximum absolute atomic E-state index is 13.2. The van der Waals surface area contributed by atoms with Crippen LogP contribution in [0.5, 0.6) is 0 Å². The molecule has 1 aliphatic carbocycles. The summed E-state index contributed by atoms with van der Waals surface area (Å²) in [5.74, 6) is -0.606. The molecule has 23 heavy (non-hydrogen) atoms. The van der Waals surface area contributed by atoms with Gasteiger partial charge < -0.3 is 5.32 Å². The van der Waals surface area contributed by atoms with Crippen LogP contribution in [0.4, 0.5) is 4.39 Å². The average molecular weight is 341 g/mol. The van der Waals surface area contributed by atoms with E-state index in [9.17, 15) is 17.6 Å². The van der Waals surface area contributed by atoms with Crippen molar-refractivity contribution < 1.29 is 17.6 Å². The van der Waals surface area contributed by atoms with E-state index < -0.39 is 26.8 Å². The molecule has 0 bridgehead atoms. The molecule has 1 aromatic rings. The Morgan fingerprint density at radius 2 is 1.96 bits per heavy atom. The summed E-state index contributed by atoms with van der Waals surface area (Å²) in [5.41, 5.74) is 0.358. The molecule has 0 aliphatic heterocycles. The molecule has 1 amide bonds. The second-order valence-corrected chi connectivity index (χ2v) is 8.87. The first kappa shape index (κ1) is 17.9. The normalized spacial score (nSPS) is 23.3. The van der Waals surface area contributed by atoms with E-state index in [0.717, 1.165) is 25.7 Å². The van der Waals surface area contributed by atoms with Gasteiger partial charge in [-0.3, -0.25) is 4.79 Å². The average Bonchev–Trinajstić information content (AvgIpc) is 2.48. The third-order valence-corrected chi connectivity index (χ3v) is 6.55. The second-order valence-electron chi connectivity index (χ2n) is 6.54. The van der Waals surface area contributed by atoms with E-state index >= 15 is 0 Å². The zero-order chi connectivity index (χ0) is 17.0. The lowest BCUT2D eigenvalue weighted by molar-refractivity contribution is -0.121. The number of amides is 1. The predicted octanol–water partition coefficient (Wildman–Crippen LogP) is 2.82. The summed E-state index contributed by atoms with van der Waals surface area (Å²) in [6.45, 7) is 3.58. The van der Waals surface area contributed by atoms with Crippen molar-refractivity contribution in [2.45, 2.75) is 56.6 Å². The number of carbonyl (C=O) groups excluding carboxylic acids is 1. The van der Waals surface area contributed by atoms with Crippen molar-refractivity contribution in [2.24, 2.45) is 5.92 Å². The second kappa shape index (κ2) is 7.43. The quantitative estimate of drug-likeness (QED) is 0.896. The molecule has 4 nitrogen and oxygen atoms in total. The molecule has 0 radical (unpaired) electrons. The molecule has 1 aliphatic rings. The van der Waals surface area contributed by atoms with Crippen LogP contribution in [0.3, 0.4) is 0 Å². The minimum absolute atomic E-state index is 0.0607. The zero-order valence-electron chi connectivity index (χ0n) is 13.6. The Bertz CT molecular complexity index is 652. The van der Waals surface area contributed by atoms with Crippen LogP contribution in [0.15, 0.2) is 24.3 Å². The lowest BCUT2D eigenvalue weighted by Gasteiger charge is -2.27. The van der Waals surface area contributed by atoms with Crippen molar-refractivity contribution in [2.75, 3.05) is 0 Å². The smallest absolute Gasteiger partial charge is 0.238 e. The lowest BCUT2D eigenvalue weighted by Crippen LogP contribution is -2.44. The first-order valence-electron chi connectivity index (χ1n) is 8.04. The van der Waals surface area contributed by atoms with E-state index in [0.29, 0.717) is 11.5 Å². The Morgan fingerprint density at radius 1 is 1.30 bits per heavy atom. The van der Waals surface area contributed by atoms with Crippen molar-refractivity contribution in [1.82, 2.24) is 5.32 Å². The zero-order valence-corrected chi connectivity index (χ0v) is 14.4. The van der Waals surface area contributed by atoms with Gasteiger partial charge in [-0.25, -0.2) is 12.8 Å². The Morgan fingerprint density at radius 3 is 2.57 bits per heavy atom. The molecule has 0 heterocycles. The Labute approximate surface area is 137 Å². The molecule has 1 unspecified atom stereocenters. The summed E-state index contributed by atoms with van der Waals surface area (Å²) in [6.07, 6.45) is 3.89. The van der Waals surface area contributed by atoms with E-state index in [1.165, 1.54) is 25.1 Å². The molecule has 1 atom stereocenters. The van der Waals surface area contributed by atoms with Gasteiger partial charge >= 0.3 is 0 Å². The van der Waals surface area contributed by atoms with Gasteiger partial charge in [0, 0.05) is 6.04 Å². The Balaban J connectivity index is 1.97. The highest BCUT2D eigenvalue weighted by Gasteiger charge is 2.30. The van der Waals surface area contributed by atoms with Gasteiger partial charge in [0.05, 0.1) is 5.75 Å². The van der Waals surface area contributed by atoms with Crippen LogP contribution >= 0.6 is 0 Å². The molecule has 6 heteroatoms. The van der Waals surface area contributed by atoms with Crippen molar-refractivity contribution >= 4 is 15.7 Å². The van der Waals surface area contributed by atoms with E-state index in [1.54, 1.807) is 6.07 Å². The minimum Gasteiger partial charge on any atom is -0.352 e. The van der Waals surface area contributed by atoms with Gasteiger partial charge in [0.15, 0.2) is 9.84 Å². The fraction of sp³-hybridized carbons (Fsp3) is 0.588. The molecule has 0 spiro atoms. The molecular formula is C17H24FNO3S. The van der Waals surface area contributed by atoms with E-state index in [1.807, 2.05) is 0 Å². The molecule has 1 aromatic carbocycles. The Hall–Kier alpha value is -1.43.